The van der Waals surface area contributed by atoms with Gasteiger partial charge < -0.3 is 4.90 Å². The van der Waals surface area contributed by atoms with Crippen LogP contribution in [0.4, 0.5) is 11.4 Å². The second kappa shape index (κ2) is 6.31. The average Bonchev–Trinajstić information content (AvgIpc) is 2.46. The number of nitrogens with zero attached hydrogens (tertiary/aromatic N) is 1. The molecule has 0 aliphatic carbocycles. The van der Waals surface area contributed by atoms with Gasteiger partial charge in [-0.05, 0) is 41.8 Å². The van der Waals surface area contributed by atoms with Gasteiger partial charge in [-0.15, -0.1) is 11.6 Å². The minimum absolute atomic E-state index is 0.476. The Hall–Kier alpha value is -1.18. The van der Waals surface area contributed by atoms with Crippen LogP contribution >= 0.6 is 23.2 Å². The van der Waals surface area contributed by atoms with Gasteiger partial charge in [0.15, 0.2) is 0 Å². The van der Waals surface area contributed by atoms with E-state index in [0.29, 0.717) is 5.88 Å². The number of rotatable bonds is 4. The van der Waals surface area contributed by atoms with E-state index in [1.165, 1.54) is 5.56 Å². The normalized spacial score (nSPS) is 10.5. The molecule has 0 heterocycles. The smallest absolute Gasteiger partial charge is 0.0494 e. The first-order chi connectivity index (χ1) is 9.15. The number of anilines is 2. The van der Waals surface area contributed by atoms with Gasteiger partial charge in [0, 0.05) is 29.3 Å². The third-order valence-corrected chi connectivity index (χ3v) is 3.81. The molecular formula is C16H17Cl2N. The Morgan fingerprint density at radius 1 is 1.05 bits per heavy atom. The van der Waals surface area contributed by atoms with Crippen molar-refractivity contribution in [3.05, 3.63) is 58.6 Å². The van der Waals surface area contributed by atoms with Crippen LogP contribution in [-0.2, 0) is 12.3 Å². The van der Waals surface area contributed by atoms with Gasteiger partial charge in [0.25, 0.3) is 0 Å². The van der Waals surface area contributed by atoms with Crippen molar-refractivity contribution in [1.82, 2.24) is 0 Å². The quantitative estimate of drug-likeness (QED) is 0.681. The number of alkyl halides is 1. The zero-order valence-corrected chi connectivity index (χ0v) is 12.7. The summed E-state index contributed by atoms with van der Waals surface area (Å²) in [6.07, 6.45) is 1.05. The Bertz CT molecular complexity index is 549. The Morgan fingerprint density at radius 2 is 1.74 bits per heavy atom. The van der Waals surface area contributed by atoms with Gasteiger partial charge >= 0.3 is 0 Å². The van der Waals surface area contributed by atoms with Crippen LogP contribution < -0.4 is 4.90 Å². The summed E-state index contributed by atoms with van der Waals surface area (Å²) in [5.41, 5.74) is 4.59. The van der Waals surface area contributed by atoms with E-state index < -0.39 is 0 Å². The van der Waals surface area contributed by atoms with Gasteiger partial charge in [0.05, 0.1) is 0 Å². The second-order valence-electron chi connectivity index (χ2n) is 4.49. The zero-order valence-electron chi connectivity index (χ0n) is 11.2. The molecule has 0 aliphatic heterocycles. The predicted octanol–water partition coefficient (Wildman–Crippen LogP) is 5.41. The number of hydrogen-bond acceptors (Lipinski definition) is 1. The molecule has 3 heteroatoms. The van der Waals surface area contributed by atoms with Crippen molar-refractivity contribution in [3.8, 4) is 0 Å². The molecule has 0 amide bonds. The summed E-state index contributed by atoms with van der Waals surface area (Å²) in [6.45, 7) is 2.15. The molecular weight excluding hydrogens is 277 g/mol. The third-order valence-electron chi connectivity index (χ3n) is 3.28. The minimum atomic E-state index is 0.476. The van der Waals surface area contributed by atoms with Crippen molar-refractivity contribution >= 4 is 34.6 Å². The second-order valence-corrected chi connectivity index (χ2v) is 5.19. The van der Waals surface area contributed by atoms with Gasteiger partial charge in [0.2, 0.25) is 0 Å². The molecule has 0 radical (unpaired) electrons. The van der Waals surface area contributed by atoms with Crippen LogP contribution in [0.2, 0.25) is 5.02 Å². The molecule has 2 rings (SSSR count). The molecule has 0 aromatic heterocycles. The lowest BCUT2D eigenvalue weighted by Crippen LogP contribution is -2.11. The molecule has 1 nitrogen and oxygen atoms in total. The Balaban J connectivity index is 2.36. The molecule has 0 unspecified atom stereocenters. The lowest BCUT2D eigenvalue weighted by atomic mass is 10.1. The van der Waals surface area contributed by atoms with Gasteiger partial charge in [-0.25, -0.2) is 0 Å². The summed E-state index contributed by atoms with van der Waals surface area (Å²) in [4.78, 5) is 2.11. The number of halogens is 2. The molecule has 19 heavy (non-hydrogen) atoms. The fourth-order valence-electron chi connectivity index (χ4n) is 2.06. The van der Waals surface area contributed by atoms with Crippen LogP contribution in [0.1, 0.15) is 18.1 Å². The predicted molar refractivity (Wildman–Crippen MR) is 84.9 cm³/mol. The van der Waals surface area contributed by atoms with Gasteiger partial charge in [0.1, 0.15) is 0 Å². The van der Waals surface area contributed by atoms with Crippen LogP contribution in [0.3, 0.4) is 0 Å². The molecule has 0 spiro atoms. The van der Waals surface area contributed by atoms with Crippen molar-refractivity contribution in [2.45, 2.75) is 19.2 Å². The topological polar surface area (TPSA) is 3.24 Å². The van der Waals surface area contributed by atoms with Crippen LogP contribution in [0, 0.1) is 0 Å². The summed E-state index contributed by atoms with van der Waals surface area (Å²) >= 11 is 12.1. The van der Waals surface area contributed by atoms with Crippen LogP contribution in [0.25, 0.3) is 0 Å². The van der Waals surface area contributed by atoms with Crippen LogP contribution in [-0.4, -0.2) is 7.05 Å². The molecule has 2 aromatic carbocycles. The van der Waals surface area contributed by atoms with E-state index in [0.717, 1.165) is 28.4 Å². The fourth-order valence-corrected chi connectivity index (χ4v) is 2.45. The first-order valence-electron chi connectivity index (χ1n) is 6.32. The van der Waals surface area contributed by atoms with Crippen molar-refractivity contribution in [3.63, 3.8) is 0 Å². The van der Waals surface area contributed by atoms with E-state index in [1.54, 1.807) is 0 Å². The number of aryl methyl sites for hydroxylation is 1. The van der Waals surface area contributed by atoms with Gasteiger partial charge in [-0.1, -0.05) is 36.7 Å². The van der Waals surface area contributed by atoms with E-state index in [1.807, 2.05) is 25.2 Å². The molecule has 0 saturated heterocycles. The zero-order chi connectivity index (χ0) is 13.8. The number of benzene rings is 2. The first-order valence-corrected chi connectivity index (χ1v) is 7.24. The maximum absolute atomic E-state index is 6.08. The third kappa shape index (κ3) is 3.23. The molecule has 0 bridgehead atoms. The molecule has 2 aromatic rings. The average molecular weight is 294 g/mol. The van der Waals surface area contributed by atoms with E-state index >= 15 is 0 Å². The molecule has 100 valence electrons. The van der Waals surface area contributed by atoms with Crippen LogP contribution in [0.15, 0.2) is 42.5 Å². The van der Waals surface area contributed by atoms with Crippen molar-refractivity contribution in [2.24, 2.45) is 0 Å². The van der Waals surface area contributed by atoms with Gasteiger partial charge in [-0.3, -0.25) is 0 Å². The summed E-state index contributed by atoms with van der Waals surface area (Å²) < 4.78 is 0. The summed E-state index contributed by atoms with van der Waals surface area (Å²) in [5, 5.41) is 0.723. The van der Waals surface area contributed by atoms with Crippen molar-refractivity contribution < 1.29 is 0 Å². The lowest BCUT2D eigenvalue weighted by Gasteiger charge is -2.22. The van der Waals surface area contributed by atoms with Crippen LogP contribution in [0.5, 0.6) is 0 Å². The van der Waals surface area contributed by atoms with E-state index in [4.69, 9.17) is 23.2 Å². The maximum atomic E-state index is 6.08. The Morgan fingerprint density at radius 3 is 2.32 bits per heavy atom. The minimum Gasteiger partial charge on any atom is -0.344 e. The van der Waals surface area contributed by atoms with Crippen molar-refractivity contribution in [2.75, 3.05) is 11.9 Å². The summed E-state index contributed by atoms with van der Waals surface area (Å²) in [7, 11) is 2.03. The summed E-state index contributed by atoms with van der Waals surface area (Å²) in [5.74, 6) is 0.476. The van der Waals surface area contributed by atoms with E-state index in [9.17, 15) is 0 Å². The SMILES string of the molecule is CCc1ccc(N(C)c2cc(Cl)ccc2CCl)cc1. The molecule has 0 N–H and O–H groups in total. The highest BCUT2D eigenvalue weighted by molar-refractivity contribution is 6.31. The highest BCUT2D eigenvalue weighted by Gasteiger charge is 2.09. The highest BCUT2D eigenvalue weighted by Crippen LogP contribution is 2.30. The standard InChI is InChI=1S/C16H17Cl2N/c1-3-12-4-8-15(9-5-12)19(2)16-10-14(18)7-6-13(16)11-17/h4-10H,3,11H2,1-2H3. The fraction of sp³-hybridized carbons (Fsp3) is 0.250. The monoisotopic (exact) mass is 293 g/mol. The molecule has 0 atom stereocenters. The van der Waals surface area contributed by atoms with Crippen molar-refractivity contribution in [1.29, 1.82) is 0 Å². The maximum Gasteiger partial charge on any atom is 0.0494 e. The van der Waals surface area contributed by atoms with E-state index in [2.05, 4.69) is 36.1 Å². The molecule has 0 saturated carbocycles. The molecule has 0 fully saturated rings. The van der Waals surface area contributed by atoms with E-state index in [-0.39, 0.29) is 0 Å². The summed E-state index contributed by atoms with van der Waals surface area (Å²) in [6, 6.07) is 14.3. The highest BCUT2D eigenvalue weighted by atomic mass is 35.5. The Labute approximate surface area is 124 Å². The lowest BCUT2D eigenvalue weighted by molar-refractivity contribution is 1.13. The largest absolute Gasteiger partial charge is 0.344 e. The Kier molecular flexibility index (Phi) is 4.73. The number of hydrogen-bond donors (Lipinski definition) is 0. The van der Waals surface area contributed by atoms with Gasteiger partial charge in [-0.2, -0.15) is 0 Å². The molecule has 0 aliphatic rings. The first kappa shape index (κ1) is 14.2.